The summed E-state index contributed by atoms with van der Waals surface area (Å²) in [6.07, 6.45) is 1.46. The van der Waals surface area contributed by atoms with Gasteiger partial charge in [-0.05, 0) is 12.1 Å². The monoisotopic (exact) mass is 179 g/mol. The first-order valence-corrected chi connectivity index (χ1v) is 3.47. The number of hydrazine groups is 1. The maximum Gasteiger partial charge on any atom is 0.293 e. The van der Waals surface area contributed by atoms with Gasteiger partial charge in [0.25, 0.3) is 5.91 Å². The summed E-state index contributed by atoms with van der Waals surface area (Å²) in [5, 5.41) is 7.44. The Bertz CT molecular complexity index is 323. The van der Waals surface area contributed by atoms with Gasteiger partial charge in [-0.25, -0.2) is 10.9 Å². The number of pyridine rings is 1. The van der Waals surface area contributed by atoms with Crippen LogP contribution < -0.4 is 11.6 Å². The summed E-state index contributed by atoms with van der Waals surface area (Å²) in [4.78, 5) is 15.1. The third-order valence-corrected chi connectivity index (χ3v) is 1.36. The first kappa shape index (κ1) is 9.14. The van der Waals surface area contributed by atoms with Gasteiger partial charge in [0.2, 0.25) is 5.96 Å². The van der Waals surface area contributed by atoms with Gasteiger partial charge in [0.05, 0.1) is 0 Å². The highest BCUT2D eigenvalue weighted by Gasteiger charge is 2.14. The zero-order valence-corrected chi connectivity index (χ0v) is 6.77. The van der Waals surface area contributed by atoms with Gasteiger partial charge in [0.1, 0.15) is 5.69 Å². The maximum absolute atomic E-state index is 11.3. The molecule has 68 valence electrons. The van der Waals surface area contributed by atoms with E-state index in [1.165, 1.54) is 12.3 Å². The number of nitrogens with one attached hydrogen (secondary N) is 1. The standard InChI is InChI=1S/C7H9N5O/c8-7(9)12(10)6(13)5-3-1-2-4-11-5/h1-4H,10H2,(H3,8,9). The fraction of sp³-hybridized carbons (Fsp3) is 0. The van der Waals surface area contributed by atoms with Gasteiger partial charge in [-0.3, -0.25) is 15.2 Å². The predicted octanol–water partition coefficient (Wildman–Crippen LogP) is -0.709. The average molecular weight is 179 g/mol. The molecule has 0 saturated carbocycles. The molecule has 0 aliphatic rings. The van der Waals surface area contributed by atoms with E-state index in [0.29, 0.717) is 5.01 Å². The van der Waals surface area contributed by atoms with Gasteiger partial charge in [-0.1, -0.05) is 6.07 Å². The smallest absolute Gasteiger partial charge is 0.293 e. The summed E-state index contributed by atoms with van der Waals surface area (Å²) < 4.78 is 0. The fourth-order valence-corrected chi connectivity index (χ4v) is 0.722. The van der Waals surface area contributed by atoms with E-state index >= 15 is 0 Å². The summed E-state index contributed by atoms with van der Waals surface area (Å²) in [7, 11) is 0. The Morgan fingerprint density at radius 2 is 2.23 bits per heavy atom. The van der Waals surface area contributed by atoms with E-state index < -0.39 is 11.9 Å². The molecule has 1 aromatic rings. The third-order valence-electron chi connectivity index (χ3n) is 1.36. The molecular formula is C7H9N5O. The summed E-state index contributed by atoms with van der Waals surface area (Å²) in [5.74, 6) is 4.06. The Morgan fingerprint density at radius 3 is 2.69 bits per heavy atom. The Hall–Kier alpha value is -1.95. The number of hydrogen-bond acceptors (Lipinski definition) is 4. The van der Waals surface area contributed by atoms with Crippen LogP contribution in [-0.4, -0.2) is 21.9 Å². The molecule has 0 atom stereocenters. The molecule has 0 unspecified atom stereocenters. The van der Waals surface area contributed by atoms with Crippen molar-refractivity contribution in [3.05, 3.63) is 30.1 Å². The second kappa shape index (κ2) is 3.63. The SMILES string of the molecule is N=C(N)N(N)C(=O)c1ccccn1. The maximum atomic E-state index is 11.3. The summed E-state index contributed by atoms with van der Waals surface area (Å²) >= 11 is 0. The molecule has 1 heterocycles. The van der Waals surface area contributed by atoms with Crippen LogP contribution in [0, 0.1) is 5.41 Å². The zero-order chi connectivity index (χ0) is 9.84. The number of nitrogens with two attached hydrogens (primary N) is 2. The van der Waals surface area contributed by atoms with Crippen LogP contribution in [0.25, 0.3) is 0 Å². The van der Waals surface area contributed by atoms with Gasteiger partial charge in [-0.15, -0.1) is 0 Å². The minimum atomic E-state index is -0.604. The predicted molar refractivity (Wildman–Crippen MR) is 46.5 cm³/mol. The highest BCUT2D eigenvalue weighted by Crippen LogP contribution is 1.96. The lowest BCUT2D eigenvalue weighted by molar-refractivity contribution is 0.0839. The first-order chi connectivity index (χ1) is 6.13. The zero-order valence-electron chi connectivity index (χ0n) is 6.77. The van der Waals surface area contributed by atoms with Crippen molar-refractivity contribution in [3.8, 4) is 0 Å². The summed E-state index contributed by atoms with van der Waals surface area (Å²) in [6, 6.07) is 4.81. The molecule has 0 aliphatic heterocycles. The van der Waals surface area contributed by atoms with E-state index in [0.717, 1.165) is 0 Å². The second-order valence-corrected chi connectivity index (χ2v) is 2.28. The molecule has 0 bridgehead atoms. The van der Waals surface area contributed by atoms with E-state index in [9.17, 15) is 4.79 Å². The Morgan fingerprint density at radius 1 is 1.54 bits per heavy atom. The highest BCUT2D eigenvalue weighted by atomic mass is 16.2. The number of hydrogen-bond donors (Lipinski definition) is 3. The van der Waals surface area contributed by atoms with Crippen molar-refractivity contribution in [2.45, 2.75) is 0 Å². The van der Waals surface area contributed by atoms with Crippen molar-refractivity contribution in [2.75, 3.05) is 0 Å². The number of carbonyl (C=O) groups is 1. The van der Waals surface area contributed by atoms with Crippen molar-refractivity contribution < 1.29 is 4.79 Å². The quantitative estimate of drug-likeness (QED) is 0.174. The van der Waals surface area contributed by atoms with Crippen LogP contribution in [0.1, 0.15) is 10.5 Å². The Kier molecular flexibility index (Phi) is 2.56. The van der Waals surface area contributed by atoms with Gasteiger partial charge >= 0.3 is 0 Å². The molecule has 0 saturated heterocycles. The fourth-order valence-electron chi connectivity index (χ4n) is 0.722. The number of guanidine groups is 1. The van der Waals surface area contributed by atoms with Gasteiger partial charge in [-0.2, -0.15) is 0 Å². The molecule has 6 heteroatoms. The summed E-state index contributed by atoms with van der Waals surface area (Å²) in [6.45, 7) is 0. The van der Waals surface area contributed by atoms with E-state index in [-0.39, 0.29) is 5.69 Å². The van der Waals surface area contributed by atoms with E-state index in [2.05, 4.69) is 4.98 Å². The van der Waals surface area contributed by atoms with Crippen molar-refractivity contribution in [2.24, 2.45) is 11.6 Å². The van der Waals surface area contributed by atoms with E-state index in [4.69, 9.17) is 17.0 Å². The molecule has 0 radical (unpaired) electrons. The van der Waals surface area contributed by atoms with E-state index in [1.807, 2.05) is 0 Å². The van der Waals surface area contributed by atoms with Crippen molar-refractivity contribution in [1.29, 1.82) is 5.41 Å². The van der Waals surface area contributed by atoms with Crippen LogP contribution in [0.4, 0.5) is 0 Å². The topological polar surface area (TPSA) is 109 Å². The molecule has 5 N–H and O–H groups in total. The molecule has 1 amide bonds. The molecule has 1 aromatic heterocycles. The number of rotatable bonds is 1. The molecule has 0 aromatic carbocycles. The van der Waals surface area contributed by atoms with Crippen molar-refractivity contribution in [3.63, 3.8) is 0 Å². The number of nitrogens with zero attached hydrogens (tertiary/aromatic N) is 2. The largest absolute Gasteiger partial charge is 0.369 e. The summed E-state index contributed by atoms with van der Waals surface area (Å²) in [5.41, 5.74) is 5.16. The molecule has 0 fully saturated rings. The van der Waals surface area contributed by atoms with E-state index in [1.54, 1.807) is 12.1 Å². The van der Waals surface area contributed by atoms with Crippen LogP contribution in [0.3, 0.4) is 0 Å². The molecule has 0 aliphatic carbocycles. The minimum absolute atomic E-state index is 0.153. The van der Waals surface area contributed by atoms with Crippen LogP contribution in [0.5, 0.6) is 0 Å². The van der Waals surface area contributed by atoms with Crippen molar-refractivity contribution in [1.82, 2.24) is 9.99 Å². The lowest BCUT2D eigenvalue weighted by atomic mass is 10.3. The Labute approximate surface area is 74.6 Å². The number of aromatic nitrogens is 1. The molecule has 1 rings (SSSR count). The number of carbonyl (C=O) groups excluding carboxylic acids is 1. The normalized spacial score (nSPS) is 9.31. The molecule has 13 heavy (non-hydrogen) atoms. The van der Waals surface area contributed by atoms with Crippen LogP contribution >= 0.6 is 0 Å². The highest BCUT2D eigenvalue weighted by molar-refractivity contribution is 6.02. The van der Waals surface area contributed by atoms with Gasteiger partial charge in [0.15, 0.2) is 0 Å². The van der Waals surface area contributed by atoms with Gasteiger partial charge in [0, 0.05) is 6.20 Å². The van der Waals surface area contributed by atoms with Crippen LogP contribution in [0.2, 0.25) is 0 Å². The van der Waals surface area contributed by atoms with Crippen LogP contribution in [-0.2, 0) is 0 Å². The lowest BCUT2D eigenvalue weighted by Crippen LogP contribution is -2.46. The Balaban J connectivity index is 2.86. The van der Waals surface area contributed by atoms with Crippen molar-refractivity contribution >= 4 is 11.9 Å². The molecule has 0 spiro atoms. The average Bonchev–Trinajstić information content (AvgIpc) is 2.17. The van der Waals surface area contributed by atoms with Gasteiger partial charge < -0.3 is 5.73 Å². The lowest BCUT2D eigenvalue weighted by Gasteiger charge is -2.12. The van der Waals surface area contributed by atoms with Crippen LogP contribution in [0.15, 0.2) is 24.4 Å². The molecule has 6 nitrogen and oxygen atoms in total. The first-order valence-electron chi connectivity index (χ1n) is 3.47. The minimum Gasteiger partial charge on any atom is -0.369 e. The third kappa shape index (κ3) is 2.00. The number of amides is 1. The molecular weight excluding hydrogens is 170 g/mol. The second-order valence-electron chi connectivity index (χ2n) is 2.28.